The minimum absolute atomic E-state index is 0.0419. The van der Waals surface area contributed by atoms with Gasteiger partial charge in [0.05, 0.1) is 24.7 Å². The predicted octanol–water partition coefficient (Wildman–Crippen LogP) is 1.80. The van der Waals surface area contributed by atoms with E-state index in [9.17, 15) is 0 Å². The molecule has 1 aromatic heterocycles. The van der Waals surface area contributed by atoms with E-state index in [0.29, 0.717) is 17.8 Å². The second-order valence-electron chi connectivity index (χ2n) is 5.41. The first kappa shape index (κ1) is 14.2. The second kappa shape index (κ2) is 6.17. The van der Waals surface area contributed by atoms with Crippen molar-refractivity contribution < 1.29 is 5.11 Å². The topological polar surface area (TPSA) is 64.1 Å². The molecule has 4 heteroatoms. The van der Waals surface area contributed by atoms with E-state index in [1.807, 2.05) is 6.33 Å². The van der Waals surface area contributed by atoms with E-state index in [4.69, 9.17) is 10.8 Å². The maximum absolute atomic E-state index is 9.12. The van der Waals surface area contributed by atoms with E-state index in [1.54, 1.807) is 6.20 Å². The third-order valence-corrected chi connectivity index (χ3v) is 3.44. The number of nitrogens with two attached hydrogens (primary N) is 1. The fourth-order valence-corrected chi connectivity index (χ4v) is 2.30. The molecule has 0 aliphatic heterocycles. The molecule has 0 aliphatic carbocycles. The molecule has 0 fully saturated rings. The quantitative estimate of drug-likeness (QED) is 0.795. The number of hydrogen-bond donors (Lipinski definition) is 2. The van der Waals surface area contributed by atoms with Crippen LogP contribution in [0, 0.1) is 17.8 Å². The van der Waals surface area contributed by atoms with Crippen molar-refractivity contribution in [3.63, 3.8) is 0 Å². The molecule has 1 atom stereocenters. The lowest BCUT2D eigenvalue weighted by Gasteiger charge is -2.26. The Bertz CT molecular complexity index is 325. The molecule has 1 heterocycles. The van der Waals surface area contributed by atoms with Crippen LogP contribution in [0.1, 0.15) is 39.4 Å². The summed E-state index contributed by atoms with van der Waals surface area (Å²) in [7, 11) is 0. The zero-order valence-corrected chi connectivity index (χ0v) is 11.3. The molecule has 17 heavy (non-hydrogen) atoms. The standard InChI is InChI=1S/C13H25N3O/c1-9(2)11(10(3)4)6-16-8-15-5-13(16)12(14)7-17/h5,8-12,17H,6-7,14H2,1-4H3. The van der Waals surface area contributed by atoms with Crippen LogP contribution < -0.4 is 5.73 Å². The van der Waals surface area contributed by atoms with Gasteiger partial charge in [-0.15, -0.1) is 0 Å². The van der Waals surface area contributed by atoms with Crippen LogP contribution in [0.3, 0.4) is 0 Å². The van der Waals surface area contributed by atoms with Gasteiger partial charge >= 0.3 is 0 Å². The van der Waals surface area contributed by atoms with Crippen LogP contribution in [-0.2, 0) is 6.54 Å². The van der Waals surface area contributed by atoms with Gasteiger partial charge in [-0.3, -0.25) is 0 Å². The van der Waals surface area contributed by atoms with Gasteiger partial charge in [0.1, 0.15) is 0 Å². The monoisotopic (exact) mass is 239 g/mol. The van der Waals surface area contributed by atoms with Crippen molar-refractivity contribution in [2.75, 3.05) is 6.61 Å². The van der Waals surface area contributed by atoms with Crippen LogP contribution in [0.15, 0.2) is 12.5 Å². The van der Waals surface area contributed by atoms with Crippen molar-refractivity contribution in [1.29, 1.82) is 0 Å². The molecule has 0 amide bonds. The van der Waals surface area contributed by atoms with Crippen molar-refractivity contribution >= 4 is 0 Å². The molecule has 0 spiro atoms. The lowest BCUT2D eigenvalue weighted by Crippen LogP contribution is -2.25. The number of nitrogens with zero attached hydrogens (tertiary/aromatic N) is 2. The highest BCUT2D eigenvalue weighted by Crippen LogP contribution is 2.24. The maximum Gasteiger partial charge on any atom is 0.0948 e. The first-order valence-corrected chi connectivity index (χ1v) is 6.33. The van der Waals surface area contributed by atoms with E-state index in [-0.39, 0.29) is 12.6 Å². The summed E-state index contributed by atoms with van der Waals surface area (Å²) >= 11 is 0. The Kier molecular flexibility index (Phi) is 5.15. The Morgan fingerprint density at radius 1 is 1.29 bits per heavy atom. The first-order chi connectivity index (χ1) is 7.97. The highest BCUT2D eigenvalue weighted by molar-refractivity contribution is 5.04. The Morgan fingerprint density at radius 3 is 2.35 bits per heavy atom. The molecule has 1 unspecified atom stereocenters. The third kappa shape index (κ3) is 3.54. The van der Waals surface area contributed by atoms with Gasteiger partial charge in [0.2, 0.25) is 0 Å². The van der Waals surface area contributed by atoms with Gasteiger partial charge in [-0.05, 0) is 17.8 Å². The molecule has 0 aromatic carbocycles. The van der Waals surface area contributed by atoms with Crippen molar-refractivity contribution in [2.45, 2.75) is 40.3 Å². The van der Waals surface area contributed by atoms with Gasteiger partial charge in [-0.25, -0.2) is 4.98 Å². The fourth-order valence-electron chi connectivity index (χ4n) is 2.30. The fraction of sp³-hybridized carbons (Fsp3) is 0.769. The van der Waals surface area contributed by atoms with E-state index in [2.05, 4.69) is 37.2 Å². The van der Waals surface area contributed by atoms with Crippen LogP contribution in [0.25, 0.3) is 0 Å². The number of aliphatic hydroxyl groups is 1. The molecule has 4 nitrogen and oxygen atoms in total. The molecular formula is C13H25N3O. The number of aromatic nitrogens is 2. The Morgan fingerprint density at radius 2 is 1.88 bits per heavy atom. The summed E-state index contributed by atoms with van der Waals surface area (Å²) in [5, 5.41) is 9.12. The maximum atomic E-state index is 9.12. The second-order valence-corrected chi connectivity index (χ2v) is 5.41. The summed E-state index contributed by atoms with van der Waals surface area (Å²) < 4.78 is 2.07. The minimum atomic E-state index is -0.336. The van der Waals surface area contributed by atoms with Crippen LogP contribution >= 0.6 is 0 Å². The van der Waals surface area contributed by atoms with E-state index < -0.39 is 0 Å². The van der Waals surface area contributed by atoms with Crippen LogP contribution in [0.2, 0.25) is 0 Å². The van der Waals surface area contributed by atoms with E-state index in [0.717, 1.165) is 12.2 Å². The molecule has 0 aliphatic rings. The van der Waals surface area contributed by atoms with E-state index in [1.165, 1.54) is 0 Å². The molecule has 98 valence electrons. The third-order valence-electron chi connectivity index (χ3n) is 3.44. The van der Waals surface area contributed by atoms with Gasteiger partial charge in [-0.1, -0.05) is 27.7 Å². The summed E-state index contributed by atoms with van der Waals surface area (Å²) in [6.07, 6.45) is 3.56. The molecule has 0 bridgehead atoms. The molecule has 1 aromatic rings. The first-order valence-electron chi connectivity index (χ1n) is 6.33. The zero-order chi connectivity index (χ0) is 13.0. The summed E-state index contributed by atoms with van der Waals surface area (Å²) in [5.41, 5.74) is 6.77. The van der Waals surface area contributed by atoms with Crippen molar-refractivity contribution in [3.05, 3.63) is 18.2 Å². The zero-order valence-electron chi connectivity index (χ0n) is 11.3. The summed E-state index contributed by atoms with van der Waals surface area (Å²) in [4.78, 5) is 4.13. The van der Waals surface area contributed by atoms with Gasteiger partial charge in [-0.2, -0.15) is 0 Å². The number of imidazole rings is 1. The SMILES string of the molecule is CC(C)C(Cn1cncc1C(N)CO)C(C)C. The smallest absolute Gasteiger partial charge is 0.0948 e. The Labute approximate surface area is 104 Å². The number of aliphatic hydroxyl groups excluding tert-OH is 1. The Balaban J connectivity index is 2.83. The van der Waals surface area contributed by atoms with Crippen LogP contribution in [0.5, 0.6) is 0 Å². The summed E-state index contributed by atoms with van der Waals surface area (Å²) in [6, 6.07) is -0.336. The average Bonchev–Trinajstić information content (AvgIpc) is 2.71. The lowest BCUT2D eigenvalue weighted by atomic mass is 9.85. The summed E-state index contributed by atoms with van der Waals surface area (Å²) in [5.74, 6) is 1.83. The van der Waals surface area contributed by atoms with E-state index >= 15 is 0 Å². The van der Waals surface area contributed by atoms with Crippen molar-refractivity contribution in [3.8, 4) is 0 Å². The van der Waals surface area contributed by atoms with Gasteiger partial charge < -0.3 is 15.4 Å². The lowest BCUT2D eigenvalue weighted by molar-refractivity contribution is 0.237. The number of rotatable bonds is 6. The molecular weight excluding hydrogens is 214 g/mol. The van der Waals surface area contributed by atoms with Crippen LogP contribution in [-0.4, -0.2) is 21.3 Å². The summed E-state index contributed by atoms with van der Waals surface area (Å²) in [6.45, 7) is 9.85. The van der Waals surface area contributed by atoms with Crippen LogP contribution in [0.4, 0.5) is 0 Å². The van der Waals surface area contributed by atoms with Gasteiger partial charge in [0, 0.05) is 12.7 Å². The minimum Gasteiger partial charge on any atom is -0.394 e. The van der Waals surface area contributed by atoms with Gasteiger partial charge in [0.25, 0.3) is 0 Å². The van der Waals surface area contributed by atoms with Crippen molar-refractivity contribution in [2.24, 2.45) is 23.5 Å². The molecule has 0 radical (unpaired) electrons. The average molecular weight is 239 g/mol. The van der Waals surface area contributed by atoms with Gasteiger partial charge in [0.15, 0.2) is 0 Å². The number of hydrogen-bond acceptors (Lipinski definition) is 3. The molecule has 0 saturated heterocycles. The Hall–Kier alpha value is -0.870. The molecule has 3 N–H and O–H groups in total. The molecule has 0 saturated carbocycles. The predicted molar refractivity (Wildman–Crippen MR) is 69.4 cm³/mol. The largest absolute Gasteiger partial charge is 0.394 e. The van der Waals surface area contributed by atoms with Crippen molar-refractivity contribution in [1.82, 2.24) is 9.55 Å². The highest BCUT2D eigenvalue weighted by Gasteiger charge is 2.20. The normalized spacial score (nSPS) is 13.9. The highest BCUT2D eigenvalue weighted by atomic mass is 16.3. The molecule has 1 rings (SSSR count).